The van der Waals surface area contributed by atoms with Crippen molar-refractivity contribution in [3.63, 3.8) is 0 Å². The first kappa shape index (κ1) is 13.1. The molecule has 1 atom stereocenters. The number of anilines is 1. The average Bonchev–Trinajstić information content (AvgIpc) is 2.35. The minimum absolute atomic E-state index is 0.146. The van der Waals surface area contributed by atoms with E-state index in [0.717, 1.165) is 11.1 Å². The molecule has 0 spiro atoms. The zero-order valence-electron chi connectivity index (χ0n) is 10.2. The molecule has 0 radical (unpaired) electrons. The van der Waals surface area contributed by atoms with Crippen LogP contribution in [0, 0.1) is 10.8 Å². The fourth-order valence-electron chi connectivity index (χ4n) is 1.64. The Bertz CT molecular complexity index is 449. The molecule has 0 saturated carbocycles. The van der Waals surface area contributed by atoms with E-state index in [9.17, 15) is 0 Å². The van der Waals surface area contributed by atoms with E-state index in [2.05, 4.69) is 4.99 Å². The predicted octanol–water partition coefficient (Wildman–Crippen LogP) is 2.48. The van der Waals surface area contributed by atoms with Crippen LogP contribution in [-0.2, 0) is 0 Å². The second-order valence-corrected chi connectivity index (χ2v) is 3.78. The summed E-state index contributed by atoms with van der Waals surface area (Å²) in [6.07, 6.45) is 3.69. The number of aliphatic imine (C=N–C) groups is 1. The van der Waals surface area contributed by atoms with Gasteiger partial charge in [0.15, 0.2) is 0 Å². The van der Waals surface area contributed by atoms with Crippen molar-refractivity contribution in [1.82, 2.24) is 0 Å². The maximum Gasteiger partial charge on any atom is 0.0536 e. The molecule has 4 nitrogen and oxygen atoms in total. The largest absolute Gasteiger partial charge is 0.398 e. The molecular formula is C13H18N4. The van der Waals surface area contributed by atoms with Gasteiger partial charge in [-0.2, -0.15) is 0 Å². The maximum atomic E-state index is 7.77. The van der Waals surface area contributed by atoms with Crippen LogP contribution >= 0.6 is 0 Å². The summed E-state index contributed by atoms with van der Waals surface area (Å²) in [7, 11) is 1.68. The summed E-state index contributed by atoms with van der Waals surface area (Å²) in [4.78, 5) is 3.93. The van der Waals surface area contributed by atoms with Crippen molar-refractivity contribution in [2.75, 3.05) is 12.8 Å². The summed E-state index contributed by atoms with van der Waals surface area (Å²) in [6.45, 7) is 1.93. The third kappa shape index (κ3) is 3.00. The van der Waals surface area contributed by atoms with Crippen LogP contribution in [0.2, 0.25) is 0 Å². The predicted molar refractivity (Wildman–Crippen MR) is 73.9 cm³/mol. The third-order valence-electron chi connectivity index (χ3n) is 2.63. The molecule has 0 aromatic heterocycles. The van der Waals surface area contributed by atoms with Crippen molar-refractivity contribution in [3.05, 3.63) is 29.3 Å². The molecular weight excluding hydrogens is 212 g/mol. The van der Waals surface area contributed by atoms with Crippen molar-refractivity contribution in [3.8, 4) is 0 Å². The Morgan fingerprint density at radius 2 is 2.24 bits per heavy atom. The fraction of sp³-hybridized carbons (Fsp3) is 0.308. The number of nitrogens with zero attached hydrogens (tertiary/aromatic N) is 1. The van der Waals surface area contributed by atoms with Gasteiger partial charge in [-0.15, -0.1) is 0 Å². The van der Waals surface area contributed by atoms with Gasteiger partial charge in [0.05, 0.1) is 5.92 Å². The molecule has 0 bridgehead atoms. The van der Waals surface area contributed by atoms with Gasteiger partial charge < -0.3 is 16.6 Å². The van der Waals surface area contributed by atoms with Gasteiger partial charge in [-0.25, -0.2) is 0 Å². The monoisotopic (exact) mass is 230 g/mol. The van der Waals surface area contributed by atoms with Gasteiger partial charge in [0, 0.05) is 36.4 Å². The average molecular weight is 230 g/mol. The topological polar surface area (TPSA) is 86.1 Å². The normalized spacial score (nSPS) is 12.6. The lowest BCUT2D eigenvalue weighted by Gasteiger charge is -2.11. The lowest BCUT2D eigenvalue weighted by atomic mass is 9.97. The summed E-state index contributed by atoms with van der Waals surface area (Å²) in [5.74, 6) is -0.146. The molecule has 0 heterocycles. The van der Waals surface area contributed by atoms with E-state index in [1.54, 1.807) is 13.3 Å². The van der Waals surface area contributed by atoms with Crippen molar-refractivity contribution < 1.29 is 0 Å². The minimum atomic E-state index is -0.146. The van der Waals surface area contributed by atoms with Gasteiger partial charge in [-0.1, -0.05) is 19.1 Å². The van der Waals surface area contributed by atoms with Crippen LogP contribution in [0.3, 0.4) is 0 Å². The summed E-state index contributed by atoms with van der Waals surface area (Å²) in [6, 6.07) is 5.56. The van der Waals surface area contributed by atoms with E-state index in [0.29, 0.717) is 17.8 Å². The van der Waals surface area contributed by atoms with Gasteiger partial charge in [0.25, 0.3) is 0 Å². The smallest absolute Gasteiger partial charge is 0.0536 e. The first-order valence-corrected chi connectivity index (χ1v) is 5.54. The Labute approximate surface area is 102 Å². The highest BCUT2D eigenvalue weighted by atomic mass is 14.6. The van der Waals surface area contributed by atoms with Crippen LogP contribution in [0.15, 0.2) is 23.2 Å². The molecule has 4 N–H and O–H groups in total. The number of rotatable bonds is 5. The summed E-state index contributed by atoms with van der Waals surface area (Å²) >= 11 is 0. The van der Waals surface area contributed by atoms with E-state index in [4.69, 9.17) is 16.6 Å². The molecule has 17 heavy (non-hydrogen) atoms. The van der Waals surface area contributed by atoms with Gasteiger partial charge in [-0.3, -0.25) is 4.99 Å². The van der Waals surface area contributed by atoms with Crippen molar-refractivity contribution in [2.45, 2.75) is 19.3 Å². The number of benzene rings is 1. The molecule has 4 heteroatoms. The van der Waals surface area contributed by atoms with E-state index < -0.39 is 0 Å². The highest BCUT2D eigenvalue weighted by Crippen LogP contribution is 2.20. The Morgan fingerprint density at radius 1 is 1.53 bits per heavy atom. The number of nitrogens with two attached hydrogens (primary N) is 1. The SMILES string of the molecule is CCC(=N)c1ccc(C(C=N)C=NC)cc1N. The fourth-order valence-corrected chi connectivity index (χ4v) is 1.64. The third-order valence-corrected chi connectivity index (χ3v) is 2.63. The maximum absolute atomic E-state index is 7.77. The number of nitrogen functional groups attached to an aromatic ring is 1. The van der Waals surface area contributed by atoms with Crippen LogP contribution < -0.4 is 5.73 Å². The van der Waals surface area contributed by atoms with Gasteiger partial charge in [0.2, 0.25) is 0 Å². The van der Waals surface area contributed by atoms with Crippen molar-refractivity contribution in [2.24, 2.45) is 4.99 Å². The van der Waals surface area contributed by atoms with Gasteiger partial charge in [0.1, 0.15) is 0 Å². The molecule has 1 aromatic carbocycles. The van der Waals surface area contributed by atoms with Crippen LogP contribution in [0.1, 0.15) is 30.4 Å². The van der Waals surface area contributed by atoms with E-state index in [1.807, 2.05) is 25.1 Å². The van der Waals surface area contributed by atoms with Gasteiger partial charge in [-0.05, 0) is 18.1 Å². The molecule has 1 unspecified atom stereocenters. The Kier molecular flexibility index (Phi) is 4.57. The van der Waals surface area contributed by atoms with Crippen LogP contribution in [0.5, 0.6) is 0 Å². The molecule has 1 rings (SSSR count). The van der Waals surface area contributed by atoms with E-state index in [1.165, 1.54) is 6.21 Å². The lowest BCUT2D eigenvalue weighted by molar-refractivity contribution is 1.21. The quantitative estimate of drug-likeness (QED) is 0.526. The van der Waals surface area contributed by atoms with E-state index in [-0.39, 0.29) is 5.92 Å². The molecule has 90 valence electrons. The van der Waals surface area contributed by atoms with Crippen molar-refractivity contribution in [1.29, 1.82) is 10.8 Å². The molecule has 1 aromatic rings. The van der Waals surface area contributed by atoms with Crippen molar-refractivity contribution >= 4 is 23.8 Å². The zero-order valence-corrected chi connectivity index (χ0v) is 10.2. The van der Waals surface area contributed by atoms with E-state index >= 15 is 0 Å². The molecule has 0 fully saturated rings. The number of nitrogens with one attached hydrogen (secondary N) is 2. The van der Waals surface area contributed by atoms with Crippen LogP contribution in [0.4, 0.5) is 5.69 Å². The minimum Gasteiger partial charge on any atom is -0.398 e. The van der Waals surface area contributed by atoms with Crippen LogP contribution in [0.25, 0.3) is 0 Å². The number of hydrogen-bond donors (Lipinski definition) is 3. The Hall–Kier alpha value is -1.97. The molecule has 0 aliphatic rings. The second kappa shape index (κ2) is 5.94. The Morgan fingerprint density at radius 3 is 2.71 bits per heavy atom. The van der Waals surface area contributed by atoms with Crippen LogP contribution in [-0.4, -0.2) is 25.2 Å². The molecule has 0 aliphatic heterocycles. The van der Waals surface area contributed by atoms with Gasteiger partial charge >= 0.3 is 0 Å². The second-order valence-electron chi connectivity index (χ2n) is 3.78. The highest BCUT2D eigenvalue weighted by Gasteiger charge is 2.09. The zero-order chi connectivity index (χ0) is 12.8. The molecule has 0 amide bonds. The number of hydrogen-bond acceptors (Lipinski definition) is 4. The standard InChI is InChI=1S/C13H18N4/c1-3-12(15)11-5-4-9(6-13(11)16)10(7-14)8-17-2/h4-8,10,14-15H,3,16H2,1-2H3. The summed E-state index contributed by atoms with van der Waals surface area (Å²) < 4.78 is 0. The summed E-state index contributed by atoms with van der Waals surface area (Å²) in [5, 5.41) is 15.1. The highest BCUT2D eigenvalue weighted by molar-refractivity contribution is 6.02. The first-order valence-electron chi connectivity index (χ1n) is 5.54. The lowest BCUT2D eigenvalue weighted by Crippen LogP contribution is -2.06. The Balaban J connectivity index is 3.11. The summed E-state index contributed by atoms with van der Waals surface area (Å²) in [5.41, 5.74) is 8.75. The molecule has 0 saturated heterocycles. The molecule has 0 aliphatic carbocycles. The first-order chi connectivity index (χ1) is 8.13.